The molecule has 1 amide bonds. The number of nitrogens with one attached hydrogen (secondary N) is 1. The molecule has 0 atom stereocenters. The van der Waals surface area contributed by atoms with Gasteiger partial charge in [0.1, 0.15) is 11.3 Å². The second-order valence-electron chi connectivity index (χ2n) is 5.74. The molecule has 1 saturated carbocycles. The van der Waals surface area contributed by atoms with E-state index in [2.05, 4.69) is 11.4 Å². The number of furan rings is 1. The van der Waals surface area contributed by atoms with E-state index in [0.717, 1.165) is 18.6 Å². The first-order valence-electron chi connectivity index (χ1n) is 7.34. The highest BCUT2D eigenvalue weighted by atomic mass is 19.4. The van der Waals surface area contributed by atoms with Crippen LogP contribution in [0.3, 0.4) is 0 Å². The lowest BCUT2D eigenvalue weighted by Crippen LogP contribution is -2.52. The summed E-state index contributed by atoms with van der Waals surface area (Å²) in [6.07, 6.45) is -2.43. The Labute approximate surface area is 135 Å². The van der Waals surface area contributed by atoms with E-state index in [1.165, 1.54) is 24.3 Å². The molecule has 1 fully saturated rings. The zero-order valence-corrected chi connectivity index (χ0v) is 12.5. The molecule has 4 nitrogen and oxygen atoms in total. The smallest absolute Gasteiger partial charge is 0.416 e. The van der Waals surface area contributed by atoms with Crippen molar-refractivity contribution in [2.75, 3.05) is 0 Å². The lowest BCUT2D eigenvalue weighted by Gasteiger charge is -2.35. The Morgan fingerprint density at radius 3 is 2.58 bits per heavy atom. The minimum Gasteiger partial charge on any atom is -0.451 e. The van der Waals surface area contributed by atoms with E-state index in [1.54, 1.807) is 0 Å². The van der Waals surface area contributed by atoms with Crippen LogP contribution in [0, 0.1) is 11.3 Å². The van der Waals surface area contributed by atoms with Gasteiger partial charge in [0.05, 0.1) is 11.6 Å². The molecule has 1 aliphatic rings. The summed E-state index contributed by atoms with van der Waals surface area (Å²) in [5.41, 5.74) is -1.43. The Balaban J connectivity index is 1.81. The van der Waals surface area contributed by atoms with Gasteiger partial charge in [-0.3, -0.25) is 4.79 Å². The molecule has 3 rings (SSSR count). The van der Waals surface area contributed by atoms with Crippen LogP contribution in [0.5, 0.6) is 0 Å². The van der Waals surface area contributed by atoms with Gasteiger partial charge < -0.3 is 9.73 Å². The molecule has 0 spiro atoms. The second kappa shape index (κ2) is 5.71. The van der Waals surface area contributed by atoms with Crippen molar-refractivity contribution in [3.05, 3.63) is 47.7 Å². The third-order valence-corrected chi connectivity index (χ3v) is 4.08. The molecular formula is C17H13F3N2O2. The SMILES string of the molecule is N#CC1(NC(=O)c2ccc(-c3cccc(C(F)(F)F)c3)o2)CCC1. The van der Waals surface area contributed by atoms with Gasteiger partial charge in [0.2, 0.25) is 0 Å². The summed E-state index contributed by atoms with van der Waals surface area (Å²) in [7, 11) is 0. The highest BCUT2D eigenvalue weighted by molar-refractivity contribution is 5.93. The maximum absolute atomic E-state index is 12.8. The number of carbonyl (C=O) groups excluding carboxylic acids is 1. The number of carbonyl (C=O) groups is 1. The van der Waals surface area contributed by atoms with Crippen molar-refractivity contribution >= 4 is 5.91 Å². The number of amides is 1. The van der Waals surface area contributed by atoms with Crippen molar-refractivity contribution in [2.24, 2.45) is 0 Å². The normalized spacial score (nSPS) is 16.1. The second-order valence-corrected chi connectivity index (χ2v) is 5.74. The Morgan fingerprint density at radius 2 is 2.00 bits per heavy atom. The van der Waals surface area contributed by atoms with Crippen molar-refractivity contribution in [1.82, 2.24) is 5.32 Å². The molecule has 0 bridgehead atoms. The Kier molecular flexibility index (Phi) is 3.84. The number of nitriles is 1. The highest BCUT2D eigenvalue weighted by Gasteiger charge is 2.39. The molecule has 7 heteroatoms. The monoisotopic (exact) mass is 334 g/mol. The van der Waals surface area contributed by atoms with Crippen molar-refractivity contribution in [3.8, 4) is 17.4 Å². The van der Waals surface area contributed by atoms with E-state index in [0.29, 0.717) is 12.8 Å². The van der Waals surface area contributed by atoms with Crippen LogP contribution in [-0.4, -0.2) is 11.4 Å². The third kappa shape index (κ3) is 3.00. The fourth-order valence-electron chi connectivity index (χ4n) is 2.54. The minimum absolute atomic E-state index is 0.0380. The molecule has 0 unspecified atom stereocenters. The van der Waals surface area contributed by atoms with Gasteiger partial charge in [0.15, 0.2) is 5.76 Å². The zero-order valence-electron chi connectivity index (χ0n) is 12.5. The first-order valence-corrected chi connectivity index (χ1v) is 7.34. The van der Waals surface area contributed by atoms with Crippen LogP contribution in [-0.2, 0) is 6.18 Å². The summed E-state index contributed by atoms with van der Waals surface area (Å²) in [5.74, 6) is -0.427. The zero-order chi connectivity index (χ0) is 17.4. The lowest BCUT2D eigenvalue weighted by molar-refractivity contribution is -0.137. The third-order valence-electron chi connectivity index (χ3n) is 4.08. The fourth-order valence-corrected chi connectivity index (χ4v) is 2.54. The largest absolute Gasteiger partial charge is 0.451 e. The first kappa shape index (κ1) is 16.1. The number of alkyl halides is 3. The van der Waals surface area contributed by atoms with E-state index in [-0.39, 0.29) is 17.1 Å². The van der Waals surface area contributed by atoms with Crippen LogP contribution in [0.1, 0.15) is 35.4 Å². The predicted molar refractivity (Wildman–Crippen MR) is 78.8 cm³/mol. The van der Waals surface area contributed by atoms with Gasteiger partial charge in [-0.1, -0.05) is 12.1 Å². The molecule has 2 aromatic rings. The molecule has 1 aromatic heterocycles. The first-order chi connectivity index (χ1) is 11.3. The van der Waals surface area contributed by atoms with Crippen LogP contribution in [0.2, 0.25) is 0 Å². The summed E-state index contributed by atoms with van der Waals surface area (Å²) in [6.45, 7) is 0. The van der Waals surface area contributed by atoms with E-state index in [1.807, 2.05) is 0 Å². The Bertz CT molecular complexity index is 814. The maximum atomic E-state index is 12.8. The number of nitrogens with zero attached hydrogens (tertiary/aromatic N) is 1. The summed E-state index contributed by atoms with van der Waals surface area (Å²) in [5, 5.41) is 11.7. The standard InChI is InChI=1S/C17H13F3N2O2/c18-17(19,20)12-4-1-3-11(9-12)13-5-6-14(24-13)15(23)22-16(10-21)7-2-8-16/h1,3-6,9H,2,7-8H2,(H,22,23). The minimum atomic E-state index is -4.45. The topological polar surface area (TPSA) is 66.0 Å². The molecule has 0 saturated heterocycles. The molecule has 1 aromatic carbocycles. The number of benzene rings is 1. The molecule has 1 heterocycles. The highest BCUT2D eigenvalue weighted by Crippen LogP contribution is 2.33. The van der Waals surface area contributed by atoms with Crippen LogP contribution in [0.4, 0.5) is 13.2 Å². The molecule has 1 N–H and O–H groups in total. The molecular weight excluding hydrogens is 321 g/mol. The molecule has 1 aliphatic carbocycles. The number of hydrogen-bond acceptors (Lipinski definition) is 3. The summed E-state index contributed by atoms with van der Waals surface area (Å²) in [6, 6.07) is 9.57. The van der Waals surface area contributed by atoms with Crippen LogP contribution >= 0.6 is 0 Å². The van der Waals surface area contributed by atoms with Crippen LogP contribution in [0.25, 0.3) is 11.3 Å². The van der Waals surface area contributed by atoms with E-state index < -0.39 is 23.2 Å². The van der Waals surface area contributed by atoms with Crippen molar-refractivity contribution in [2.45, 2.75) is 31.0 Å². The Hall–Kier alpha value is -2.75. The van der Waals surface area contributed by atoms with Crippen LogP contribution < -0.4 is 5.32 Å². The number of halogens is 3. The van der Waals surface area contributed by atoms with Crippen LogP contribution in [0.15, 0.2) is 40.8 Å². The summed E-state index contributed by atoms with van der Waals surface area (Å²) in [4.78, 5) is 12.1. The fraction of sp³-hybridized carbons (Fsp3) is 0.294. The van der Waals surface area contributed by atoms with E-state index >= 15 is 0 Å². The number of rotatable bonds is 3. The van der Waals surface area contributed by atoms with E-state index in [9.17, 15) is 18.0 Å². The quantitative estimate of drug-likeness (QED) is 0.917. The van der Waals surface area contributed by atoms with Gasteiger partial charge in [-0.2, -0.15) is 18.4 Å². The summed E-state index contributed by atoms with van der Waals surface area (Å²) >= 11 is 0. The molecule has 124 valence electrons. The van der Waals surface area contributed by atoms with Gasteiger partial charge in [0, 0.05) is 5.56 Å². The van der Waals surface area contributed by atoms with Gasteiger partial charge >= 0.3 is 6.18 Å². The van der Waals surface area contributed by atoms with Gasteiger partial charge in [0.25, 0.3) is 5.91 Å². The van der Waals surface area contributed by atoms with Crippen molar-refractivity contribution in [1.29, 1.82) is 5.26 Å². The van der Waals surface area contributed by atoms with Crippen molar-refractivity contribution < 1.29 is 22.4 Å². The lowest BCUT2D eigenvalue weighted by atomic mass is 9.78. The summed E-state index contributed by atoms with van der Waals surface area (Å²) < 4.78 is 43.7. The van der Waals surface area contributed by atoms with Crippen molar-refractivity contribution in [3.63, 3.8) is 0 Å². The van der Waals surface area contributed by atoms with Gasteiger partial charge in [-0.05, 0) is 43.5 Å². The predicted octanol–water partition coefficient (Wildman–Crippen LogP) is 4.14. The van der Waals surface area contributed by atoms with E-state index in [4.69, 9.17) is 9.68 Å². The molecule has 24 heavy (non-hydrogen) atoms. The van der Waals surface area contributed by atoms with Gasteiger partial charge in [-0.15, -0.1) is 0 Å². The average Bonchev–Trinajstić information content (AvgIpc) is 3.00. The number of hydrogen-bond donors (Lipinski definition) is 1. The molecule has 0 aliphatic heterocycles. The Morgan fingerprint density at radius 1 is 1.25 bits per heavy atom. The average molecular weight is 334 g/mol. The maximum Gasteiger partial charge on any atom is 0.416 e. The van der Waals surface area contributed by atoms with Gasteiger partial charge in [-0.25, -0.2) is 0 Å². The molecule has 0 radical (unpaired) electrons.